The van der Waals surface area contributed by atoms with Crippen LogP contribution in [0.4, 0.5) is 0 Å². The molecule has 0 atom stereocenters. The van der Waals surface area contributed by atoms with Gasteiger partial charge in [-0.15, -0.1) is 0 Å². The molecule has 0 amide bonds. The number of carbonyl (C=O) groups is 1. The first-order chi connectivity index (χ1) is 7.74. The van der Waals surface area contributed by atoms with E-state index in [1.54, 1.807) is 12.1 Å². The number of hydrogen-bond donors (Lipinski definition) is 2. The summed E-state index contributed by atoms with van der Waals surface area (Å²) in [6.45, 7) is -0.593. The maximum atomic E-state index is 10.5. The van der Waals surface area contributed by atoms with Crippen molar-refractivity contribution in [3.05, 3.63) is 23.8 Å². The van der Waals surface area contributed by atoms with Crippen LogP contribution in [0.2, 0.25) is 0 Å². The Morgan fingerprint density at radius 2 is 2.00 bits per heavy atom. The van der Waals surface area contributed by atoms with Crippen molar-refractivity contribution in [2.24, 2.45) is 0 Å². The van der Waals surface area contributed by atoms with E-state index < -0.39 is 6.10 Å². The van der Waals surface area contributed by atoms with Crippen molar-refractivity contribution in [3.8, 4) is 11.5 Å². The van der Waals surface area contributed by atoms with E-state index in [-0.39, 0.29) is 13.2 Å². The Morgan fingerprint density at radius 3 is 2.50 bits per heavy atom. The monoisotopic (exact) mass is 226 g/mol. The van der Waals surface area contributed by atoms with Gasteiger partial charge in [0.05, 0.1) is 20.3 Å². The molecule has 5 nitrogen and oxygen atoms in total. The molecule has 0 fully saturated rings. The number of ether oxygens (including phenoxy) is 2. The van der Waals surface area contributed by atoms with Gasteiger partial charge in [-0.05, 0) is 18.2 Å². The average Bonchev–Trinajstić information content (AvgIpc) is 2.35. The molecule has 0 aliphatic rings. The van der Waals surface area contributed by atoms with E-state index in [2.05, 4.69) is 0 Å². The highest BCUT2D eigenvalue weighted by Crippen LogP contribution is 2.28. The fraction of sp³-hybridized carbons (Fsp3) is 0.364. The first kappa shape index (κ1) is 12.5. The topological polar surface area (TPSA) is 76.0 Å². The highest BCUT2D eigenvalue weighted by atomic mass is 16.5. The zero-order valence-electron chi connectivity index (χ0n) is 8.92. The van der Waals surface area contributed by atoms with E-state index in [1.807, 2.05) is 0 Å². The fourth-order valence-corrected chi connectivity index (χ4v) is 1.17. The van der Waals surface area contributed by atoms with Gasteiger partial charge in [-0.1, -0.05) is 0 Å². The van der Waals surface area contributed by atoms with Crippen LogP contribution in [0.3, 0.4) is 0 Å². The van der Waals surface area contributed by atoms with Crippen LogP contribution < -0.4 is 9.47 Å². The van der Waals surface area contributed by atoms with Crippen molar-refractivity contribution in [3.63, 3.8) is 0 Å². The summed E-state index contributed by atoms with van der Waals surface area (Å²) in [5.41, 5.74) is 0.466. The van der Waals surface area contributed by atoms with Crippen molar-refractivity contribution < 1.29 is 24.5 Å². The second-order valence-electron chi connectivity index (χ2n) is 3.13. The summed E-state index contributed by atoms with van der Waals surface area (Å²) in [6, 6.07) is 4.64. The van der Waals surface area contributed by atoms with E-state index in [0.29, 0.717) is 23.3 Å². The Morgan fingerprint density at radius 1 is 1.31 bits per heavy atom. The Balaban J connectivity index is 2.90. The number of hydrogen-bond acceptors (Lipinski definition) is 5. The lowest BCUT2D eigenvalue weighted by Gasteiger charge is -2.16. The predicted octanol–water partition coefficient (Wildman–Crippen LogP) is 0.240. The second kappa shape index (κ2) is 6.09. The molecule has 0 spiro atoms. The van der Waals surface area contributed by atoms with Crippen molar-refractivity contribution >= 4 is 6.29 Å². The van der Waals surface area contributed by atoms with Gasteiger partial charge in [0, 0.05) is 5.56 Å². The summed E-state index contributed by atoms with van der Waals surface area (Å²) >= 11 is 0. The highest BCUT2D eigenvalue weighted by Gasteiger charge is 2.11. The van der Waals surface area contributed by atoms with Crippen molar-refractivity contribution in [2.45, 2.75) is 6.10 Å². The summed E-state index contributed by atoms with van der Waals surface area (Å²) in [6.07, 6.45) is -0.00187. The number of aliphatic hydroxyl groups excluding tert-OH is 2. The lowest BCUT2D eigenvalue weighted by molar-refractivity contribution is 0.0609. The largest absolute Gasteiger partial charge is 0.493 e. The summed E-state index contributed by atoms with van der Waals surface area (Å²) in [5, 5.41) is 17.7. The van der Waals surface area contributed by atoms with E-state index in [0.717, 1.165) is 0 Å². The molecule has 1 aromatic carbocycles. The van der Waals surface area contributed by atoms with Crippen LogP contribution in [0.15, 0.2) is 18.2 Å². The van der Waals surface area contributed by atoms with Gasteiger partial charge < -0.3 is 19.7 Å². The van der Waals surface area contributed by atoms with Gasteiger partial charge in [0.2, 0.25) is 0 Å². The standard InChI is InChI=1S/C11H14O5/c1-15-11-4-8(5-12)2-3-10(11)16-9(6-13)7-14/h2-5,9,13-14H,6-7H2,1H3. The summed E-state index contributed by atoms with van der Waals surface area (Å²) in [4.78, 5) is 10.5. The third-order valence-electron chi connectivity index (χ3n) is 2.02. The number of aliphatic hydroxyl groups is 2. The number of carbonyl (C=O) groups excluding carboxylic acids is 1. The molecule has 0 saturated carbocycles. The van der Waals surface area contributed by atoms with Gasteiger partial charge in [-0.2, -0.15) is 0 Å². The van der Waals surface area contributed by atoms with Crippen molar-refractivity contribution in [1.29, 1.82) is 0 Å². The molecule has 1 aromatic rings. The maximum absolute atomic E-state index is 10.5. The molecule has 5 heteroatoms. The zero-order chi connectivity index (χ0) is 12.0. The molecule has 0 unspecified atom stereocenters. The van der Waals surface area contributed by atoms with Crippen LogP contribution >= 0.6 is 0 Å². The first-order valence-electron chi connectivity index (χ1n) is 4.76. The number of rotatable bonds is 6. The molecular formula is C11H14O5. The molecule has 0 bridgehead atoms. The average molecular weight is 226 g/mol. The third-order valence-corrected chi connectivity index (χ3v) is 2.02. The summed E-state index contributed by atoms with van der Waals surface area (Å²) in [5.74, 6) is 0.762. The highest BCUT2D eigenvalue weighted by molar-refractivity contribution is 5.76. The number of benzene rings is 1. The quantitative estimate of drug-likeness (QED) is 0.679. The Kier molecular flexibility index (Phi) is 4.75. The van der Waals surface area contributed by atoms with Gasteiger partial charge in [0.15, 0.2) is 11.5 Å². The van der Waals surface area contributed by atoms with Gasteiger partial charge in [0.1, 0.15) is 12.4 Å². The Hall–Kier alpha value is -1.59. The number of aldehydes is 1. The minimum Gasteiger partial charge on any atom is -0.493 e. The molecule has 0 aromatic heterocycles. The lowest BCUT2D eigenvalue weighted by atomic mass is 10.2. The molecule has 0 saturated heterocycles. The van der Waals surface area contributed by atoms with Crippen LogP contribution in [0.1, 0.15) is 10.4 Å². The van der Waals surface area contributed by atoms with E-state index >= 15 is 0 Å². The van der Waals surface area contributed by atoms with Crippen molar-refractivity contribution in [2.75, 3.05) is 20.3 Å². The molecule has 88 valence electrons. The third kappa shape index (κ3) is 2.95. The minimum absolute atomic E-state index is 0.297. The van der Waals surface area contributed by atoms with Crippen LogP contribution in [0.5, 0.6) is 11.5 Å². The Bertz CT molecular complexity index is 346. The van der Waals surface area contributed by atoms with Crippen LogP contribution in [0, 0.1) is 0 Å². The normalized spacial score (nSPS) is 10.2. The second-order valence-corrected chi connectivity index (χ2v) is 3.13. The smallest absolute Gasteiger partial charge is 0.161 e. The summed E-state index contributed by atoms with van der Waals surface area (Å²) < 4.78 is 10.3. The molecule has 0 heterocycles. The molecule has 0 aliphatic carbocycles. The van der Waals surface area contributed by atoms with E-state index in [4.69, 9.17) is 19.7 Å². The molecule has 0 radical (unpaired) electrons. The van der Waals surface area contributed by atoms with Crippen LogP contribution in [0.25, 0.3) is 0 Å². The summed E-state index contributed by atoms with van der Waals surface area (Å²) in [7, 11) is 1.45. The van der Waals surface area contributed by atoms with Gasteiger partial charge in [0.25, 0.3) is 0 Å². The van der Waals surface area contributed by atoms with Gasteiger partial charge in [-0.25, -0.2) is 0 Å². The fourth-order valence-electron chi connectivity index (χ4n) is 1.17. The molecular weight excluding hydrogens is 212 g/mol. The Labute approximate surface area is 93.2 Å². The van der Waals surface area contributed by atoms with E-state index in [9.17, 15) is 4.79 Å². The predicted molar refractivity (Wildman–Crippen MR) is 57.0 cm³/mol. The number of methoxy groups -OCH3 is 1. The van der Waals surface area contributed by atoms with Crippen LogP contribution in [-0.2, 0) is 0 Å². The van der Waals surface area contributed by atoms with Gasteiger partial charge >= 0.3 is 0 Å². The maximum Gasteiger partial charge on any atom is 0.161 e. The molecule has 1 rings (SSSR count). The SMILES string of the molecule is COc1cc(C=O)ccc1OC(CO)CO. The molecule has 2 N–H and O–H groups in total. The van der Waals surface area contributed by atoms with Gasteiger partial charge in [-0.3, -0.25) is 4.79 Å². The van der Waals surface area contributed by atoms with E-state index in [1.165, 1.54) is 13.2 Å². The first-order valence-corrected chi connectivity index (χ1v) is 4.76. The van der Waals surface area contributed by atoms with Crippen LogP contribution in [-0.4, -0.2) is 42.9 Å². The van der Waals surface area contributed by atoms with Crippen molar-refractivity contribution in [1.82, 2.24) is 0 Å². The zero-order valence-corrected chi connectivity index (χ0v) is 8.92. The molecule has 16 heavy (non-hydrogen) atoms. The lowest BCUT2D eigenvalue weighted by Crippen LogP contribution is -2.25. The minimum atomic E-state index is -0.698. The molecule has 0 aliphatic heterocycles.